The molecule has 0 spiro atoms. The Hall–Kier alpha value is -2.23. The fourth-order valence-corrected chi connectivity index (χ4v) is 1.71. The summed E-state index contributed by atoms with van der Waals surface area (Å²) in [7, 11) is 0. The molecule has 1 heterocycles. The highest BCUT2D eigenvalue weighted by molar-refractivity contribution is 5.99. The van der Waals surface area contributed by atoms with Crippen LogP contribution in [0.1, 0.15) is 17.3 Å². The van der Waals surface area contributed by atoms with Crippen molar-refractivity contribution in [2.75, 3.05) is 13.2 Å². The fraction of sp³-hybridized carbons (Fsp3) is 0.214. The van der Waals surface area contributed by atoms with E-state index in [-0.39, 0.29) is 5.91 Å². The molecule has 0 aliphatic heterocycles. The third kappa shape index (κ3) is 2.37. The van der Waals surface area contributed by atoms with E-state index in [4.69, 9.17) is 9.15 Å². The van der Waals surface area contributed by atoms with Crippen LogP contribution in [0.15, 0.2) is 41.5 Å². The van der Waals surface area contributed by atoms with Gasteiger partial charge in [0, 0.05) is 12.1 Å². The molecule has 0 saturated heterocycles. The summed E-state index contributed by atoms with van der Waals surface area (Å²) in [5.74, 6) is 0.488. The van der Waals surface area contributed by atoms with Crippen LogP contribution in [0.2, 0.25) is 0 Å². The molecule has 0 unspecified atom stereocenters. The van der Waals surface area contributed by atoms with Crippen molar-refractivity contribution in [3.8, 4) is 5.75 Å². The van der Waals surface area contributed by atoms with Gasteiger partial charge in [-0.15, -0.1) is 6.58 Å². The maximum Gasteiger partial charge on any atom is 0.251 e. The number of hydrogen-bond donors (Lipinski definition) is 1. The number of fused-ring (bicyclic) bond motifs is 1. The zero-order valence-corrected chi connectivity index (χ0v) is 10.2. The number of furan rings is 1. The summed E-state index contributed by atoms with van der Waals surface area (Å²) in [5, 5.41) is 3.59. The second-order valence-electron chi connectivity index (χ2n) is 3.74. The van der Waals surface area contributed by atoms with Gasteiger partial charge < -0.3 is 14.5 Å². The van der Waals surface area contributed by atoms with Crippen LogP contribution in [0.5, 0.6) is 5.75 Å². The number of amides is 1. The van der Waals surface area contributed by atoms with Gasteiger partial charge in [0.05, 0.1) is 18.3 Å². The molecule has 4 nitrogen and oxygen atoms in total. The SMILES string of the molecule is C=CCNC(=O)c1cc(OCC)c2ccoc2c1. The van der Waals surface area contributed by atoms with Gasteiger partial charge in [0.1, 0.15) is 11.3 Å². The van der Waals surface area contributed by atoms with Gasteiger partial charge in [-0.25, -0.2) is 0 Å². The molecule has 0 aliphatic rings. The van der Waals surface area contributed by atoms with Crippen LogP contribution in [-0.2, 0) is 0 Å². The summed E-state index contributed by atoms with van der Waals surface area (Å²) in [4.78, 5) is 11.9. The van der Waals surface area contributed by atoms with Gasteiger partial charge in [-0.3, -0.25) is 4.79 Å². The van der Waals surface area contributed by atoms with Crippen molar-refractivity contribution < 1.29 is 13.9 Å². The van der Waals surface area contributed by atoms with Gasteiger partial charge >= 0.3 is 0 Å². The lowest BCUT2D eigenvalue weighted by molar-refractivity contribution is 0.0957. The number of carbonyl (C=O) groups is 1. The van der Waals surface area contributed by atoms with E-state index in [0.717, 1.165) is 5.39 Å². The molecule has 0 radical (unpaired) electrons. The normalized spacial score (nSPS) is 10.3. The minimum absolute atomic E-state index is 0.172. The van der Waals surface area contributed by atoms with E-state index < -0.39 is 0 Å². The molecule has 0 bridgehead atoms. The Labute approximate surface area is 105 Å². The van der Waals surface area contributed by atoms with E-state index in [1.807, 2.05) is 13.0 Å². The molecule has 18 heavy (non-hydrogen) atoms. The predicted octanol–water partition coefficient (Wildman–Crippen LogP) is 2.75. The summed E-state index contributed by atoms with van der Waals surface area (Å²) >= 11 is 0. The van der Waals surface area contributed by atoms with Gasteiger partial charge in [0.15, 0.2) is 0 Å². The zero-order chi connectivity index (χ0) is 13.0. The summed E-state index contributed by atoms with van der Waals surface area (Å²) in [6, 6.07) is 5.25. The third-order valence-corrected chi connectivity index (χ3v) is 2.50. The summed E-state index contributed by atoms with van der Waals surface area (Å²) in [6.07, 6.45) is 3.21. The molecule has 1 amide bonds. The Morgan fingerprint density at radius 3 is 3.11 bits per heavy atom. The average Bonchev–Trinajstić information content (AvgIpc) is 2.84. The average molecular weight is 245 g/mol. The molecular weight excluding hydrogens is 230 g/mol. The van der Waals surface area contributed by atoms with Crippen LogP contribution in [0.4, 0.5) is 0 Å². The molecule has 1 aromatic heterocycles. The Bertz CT molecular complexity index is 571. The van der Waals surface area contributed by atoms with Crippen molar-refractivity contribution in [2.45, 2.75) is 6.92 Å². The van der Waals surface area contributed by atoms with Crippen molar-refractivity contribution in [1.29, 1.82) is 0 Å². The topological polar surface area (TPSA) is 51.5 Å². The number of hydrogen-bond acceptors (Lipinski definition) is 3. The Kier molecular flexibility index (Phi) is 3.67. The molecule has 4 heteroatoms. The second kappa shape index (κ2) is 5.40. The number of rotatable bonds is 5. The molecular formula is C14H15NO3. The summed E-state index contributed by atoms with van der Waals surface area (Å²) in [6.45, 7) is 6.43. The quantitative estimate of drug-likeness (QED) is 0.824. The standard InChI is InChI=1S/C14H15NO3/c1-3-6-15-14(16)10-8-12(17-4-2)11-5-7-18-13(11)9-10/h3,5,7-9H,1,4,6H2,2H3,(H,15,16). The molecule has 0 atom stereocenters. The number of benzene rings is 1. The number of ether oxygens (including phenoxy) is 1. The highest BCUT2D eigenvalue weighted by Crippen LogP contribution is 2.28. The van der Waals surface area contributed by atoms with Crippen molar-refractivity contribution in [1.82, 2.24) is 5.32 Å². The highest BCUT2D eigenvalue weighted by atomic mass is 16.5. The first-order valence-corrected chi connectivity index (χ1v) is 5.79. The van der Waals surface area contributed by atoms with Crippen LogP contribution in [0.25, 0.3) is 11.0 Å². The molecule has 2 rings (SSSR count). The molecule has 0 fully saturated rings. The van der Waals surface area contributed by atoms with Gasteiger partial charge in [-0.05, 0) is 25.1 Å². The molecule has 0 aliphatic carbocycles. The maximum absolute atomic E-state index is 11.9. The van der Waals surface area contributed by atoms with Crippen molar-refractivity contribution >= 4 is 16.9 Å². The predicted molar refractivity (Wildman–Crippen MR) is 69.9 cm³/mol. The Morgan fingerprint density at radius 2 is 2.39 bits per heavy atom. The molecule has 2 aromatic rings. The number of carbonyl (C=O) groups excluding carboxylic acids is 1. The summed E-state index contributed by atoms with van der Waals surface area (Å²) in [5.41, 5.74) is 1.16. The van der Waals surface area contributed by atoms with E-state index in [2.05, 4.69) is 11.9 Å². The van der Waals surface area contributed by atoms with Crippen LogP contribution >= 0.6 is 0 Å². The second-order valence-corrected chi connectivity index (χ2v) is 3.74. The Morgan fingerprint density at radius 1 is 1.56 bits per heavy atom. The van der Waals surface area contributed by atoms with E-state index in [0.29, 0.717) is 30.0 Å². The molecule has 1 aromatic carbocycles. The van der Waals surface area contributed by atoms with Crippen molar-refractivity contribution in [2.24, 2.45) is 0 Å². The first-order chi connectivity index (χ1) is 8.76. The number of nitrogens with one attached hydrogen (secondary N) is 1. The highest BCUT2D eigenvalue weighted by Gasteiger charge is 2.12. The first kappa shape index (κ1) is 12.2. The Balaban J connectivity index is 2.38. The van der Waals surface area contributed by atoms with Crippen LogP contribution in [-0.4, -0.2) is 19.1 Å². The zero-order valence-electron chi connectivity index (χ0n) is 10.2. The van der Waals surface area contributed by atoms with Gasteiger partial charge in [0.2, 0.25) is 0 Å². The van der Waals surface area contributed by atoms with E-state index >= 15 is 0 Å². The van der Waals surface area contributed by atoms with Gasteiger partial charge in [-0.2, -0.15) is 0 Å². The van der Waals surface area contributed by atoms with E-state index in [1.54, 1.807) is 24.5 Å². The molecule has 1 N–H and O–H groups in total. The van der Waals surface area contributed by atoms with E-state index in [9.17, 15) is 4.79 Å². The maximum atomic E-state index is 11.9. The minimum Gasteiger partial charge on any atom is -0.493 e. The van der Waals surface area contributed by atoms with Crippen LogP contribution in [0.3, 0.4) is 0 Å². The smallest absolute Gasteiger partial charge is 0.251 e. The summed E-state index contributed by atoms with van der Waals surface area (Å²) < 4.78 is 10.8. The van der Waals surface area contributed by atoms with Gasteiger partial charge in [-0.1, -0.05) is 6.08 Å². The van der Waals surface area contributed by atoms with Crippen LogP contribution in [0, 0.1) is 0 Å². The van der Waals surface area contributed by atoms with Crippen molar-refractivity contribution in [3.05, 3.63) is 42.7 Å². The van der Waals surface area contributed by atoms with Crippen molar-refractivity contribution in [3.63, 3.8) is 0 Å². The van der Waals surface area contributed by atoms with Crippen LogP contribution < -0.4 is 10.1 Å². The lowest BCUT2D eigenvalue weighted by Gasteiger charge is -2.07. The molecule has 0 saturated carbocycles. The third-order valence-electron chi connectivity index (χ3n) is 2.50. The minimum atomic E-state index is -0.172. The van der Waals surface area contributed by atoms with E-state index in [1.165, 1.54) is 0 Å². The monoisotopic (exact) mass is 245 g/mol. The lowest BCUT2D eigenvalue weighted by atomic mass is 10.1. The molecule has 94 valence electrons. The lowest BCUT2D eigenvalue weighted by Crippen LogP contribution is -2.23. The fourth-order valence-electron chi connectivity index (χ4n) is 1.71. The largest absolute Gasteiger partial charge is 0.493 e. The van der Waals surface area contributed by atoms with Gasteiger partial charge in [0.25, 0.3) is 5.91 Å². The first-order valence-electron chi connectivity index (χ1n) is 5.79.